The molecule has 0 spiro atoms. The summed E-state index contributed by atoms with van der Waals surface area (Å²) in [6.45, 7) is 0. The Morgan fingerprint density at radius 1 is 0.867 bits per heavy atom. The fraction of sp³-hybridized carbons (Fsp3) is 0.0435. The molecule has 0 atom stereocenters. The molecule has 0 aliphatic carbocycles. The van der Waals surface area contributed by atoms with Crippen LogP contribution in [0.15, 0.2) is 84.0 Å². The molecule has 0 radical (unpaired) electrons. The topological polar surface area (TPSA) is 50.7 Å². The zero-order valence-electron chi connectivity index (χ0n) is 15.5. The summed E-state index contributed by atoms with van der Waals surface area (Å²) in [6, 6.07) is 22.5. The van der Waals surface area contributed by atoms with E-state index in [2.05, 4.69) is 15.3 Å². The van der Waals surface area contributed by atoms with E-state index in [0.717, 1.165) is 39.2 Å². The van der Waals surface area contributed by atoms with Gasteiger partial charge in [-0.1, -0.05) is 48.5 Å². The summed E-state index contributed by atoms with van der Waals surface area (Å²) < 4.78 is 40.4. The normalized spacial score (nSPS) is 11.8. The Labute approximate surface area is 169 Å². The number of hydrogen-bond donors (Lipinski definition) is 1. The lowest BCUT2D eigenvalue weighted by molar-refractivity contribution is -0.274. The van der Waals surface area contributed by atoms with Crippen molar-refractivity contribution < 1.29 is 22.7 Å². The predicted octanol–water partition coefficient (Wildman–Crippen LogP) is 5.66. The van der Waals surface area contributed by atoms with E-state index < -0.39 is 18.0 Å². The Bertz CT molecular complexity index is 1250. The Morgan fingerprint density at radius 3 is 2.20 bits per heavy atom. The highest BCUT2D eigenvalue weighted by Gasteiger charge is 2.31. The van der Waals surface area contributed by atoms with Crippen molar-refractivity contribution in [1.29, 1.82) is 0 Å². The van der Waals surface area contributed by atoms with E-state index in [1.807, 2.05) is 54.6 Å². The summed E-state index contributed by atoms with van der Waals surface area (Å²) in [5, 5.41) is 8.25. The number of carbonyl (C=O) groups is 1. The summed E-state index contributed by atoms with van der Waals surface area (Å²) in [5.74, 6) is -0.944. The molecule has 0 saturated heterocycles. The maximum atomic E-state index is 12.2. The summed E-state index contributed by atoms with van der Waals surface area (Å²) in [5.41, 5.74) is 3.38. The highest BCUT2D eigenvalue weighted by atomic mass is 19.4. The van der Waals surface area contributed by atoms with Crippen LogP contribution in [0.3, 0.4) is 0 Å². The second-order valence-corrected chi connectivity index (χ2v) is 6.50. The molecule has 150 valence electrons. The molecule has 0 unspecified atom stereocenters. The molecule has 4 aromatic carbocycles. The lowest BCUT2D eigenvalue weighted by atomic mass is 9.98. The summed E-state index contributed by atoms with van der Waals surface area (Å²) >= 11 is 0. The monoisotopic (exact) mass is 408 g/mol. The van der Waals surface area contributed by atoms with Crippen LogP contribution in [-0.4, -0.2) is 18.5 Å². The SMILES string of the molecule is O=C(NN=Cc1cc2ccccc2c2ccccc12)c1ccc(OC(F)(F)F)cc1. The first-order chi connectivity index (χ1) is 14.4. The van der Waals surface area contributed by atoms with Gasteiger partial charge in [-0.05, 0) is 51.9 Å². The molecular formula is C23H15F3N2O2. The van der Waals surface area contributed by atoms with Crippen molar-refractivity contribution in [3.63, 3.8) is 0 Å². The molecule has 1 N–H and O–H groups in total. The van der Waals surface area contributed by atoms with Crippen LogP contribution in [0.2, 0.25) is 0 Å². The number of fused-ring (bicyclic) bond motifs is 3. The number of hydrazone groups is 1. The maximum Gasteiger partial charge on any atom is 0.573 e. The molecule has 0 fully saturated rings. The molecule has 7 heteroatoms. The van der Waals surface area contributed by atoms with E-state index in [4.69, 9.17) is 0 Å². The van der Waals surface area contributed by atoms with Crippen LogP contribution in [0, 0.1) is 0 Å². The van der Waals surface area contributed by atoms with Crippen molar-refractivity contribution in [3.8, 4) is 5.75 Å². The first-order valence-electron chi connectivity index (χ1n) is 9.00. The van der Waals surface area contributed by atoms with Crippen LogP contribution in [0.4, 0.5) is 13.2 Å². The molecule has 0 saturated carbocycles. The number of benzene rings is 4. The van der Waals surface area contributed by atoms with Gasteiger partial charge in [0.2, 0.25) is 0 Å². The number of halogens is 3. The highest BCUT2D eigenvalue weighted by Crippen LogP contribution is 2.28. The van der Waals surface area contributed by atoms with Crippen molar-refractivity contribution in [1.82, 2.24) is 5.43 Å². The number of nitrogens with zero attached hydrogens (tertiary/aromatic N) is 1. The average Bonchev–Trinajstić information content (AvgIpc) is 2.73. The molecule has 0 aliphatic rings. The largest absolute Gasteiger partial charge is 0.573 e. The fourth-order valence-electron chi connectivity index (χ4n) is 3.22. The lowest BCUT2D eigenvalue weighted by Crippen LogP contribution is -2.19. The van der Waals surface area contributed by atoms with E-state index in [1.165, 1.54) is 12.1 Å². The molecule has 0 bridgehead atoms. The standard InChI is InChI=1S/C23H15F3N2O2/c24-23(25,26)30-18-11-9-15(10-12-18)22(29)28-27-14-17-13-16-5-1-2-6-19(16)21-8-4-3-7-20(17)21/h1-14H,(H,28,29). The summed E-state index contributed by atoms with van der Waals surface area (Å²) in [6.07, 6.45) is -3.23. The molecule has 4 rings (SSSR count). The number of nitrogens with one attached hydrogen (secondary N) is 1. The zero-order chi connectivity index (χ0) is 21.1. The quantitative estimate of drug-likeness (QED) is 0.269. The van der Waals surface area contributed by atoms with Crippen molar-refractivity contribution in [2.75, 3.05) is 0 Å². The van der Waals surface area contributed by atoms with Crippen molar-refractivity contribution in [3.05, 3.63) is 90.0 Å². The van der Waals surface area contributed by atoms with E-state index in [-0.39, 0.29) is 5.56 Å². The summed E-state index contributed by atoms with van der Waals surface area (Å²) in [4.78, 5) is 12.2. The minimum Gasteiger partial charge on any atom is -0.406 e. The lowest BCUT2D eigenvalue weighted by Gasteiger charge is -2.09. The van der Waals surface area contributed by atoms with Crippen LogP contribution >= 0.6 is 0 Å². The average molecular weight is 408 g/mol. The zero-order valence-corrected chi connectivity index (χ0v) is 15.5. The van der Waals surface area contributed by atoms with Gasteiger partial charge in [0.25, 0.3) is 5.91 Å². The Hall–Kier alpha value is -3.87. The van der Waals surface area contributed by atoms with Crippen LogP contribution in [-0.2, 0) is 0 Å². The molecule has 4 aromatic rings. The van der Waals surface area contributed by atoms with Crippen LogP contribution in [0.1, 0.15) is 15.9 Å². The minimum absolute atomic E-state index is 0.157. The molecule has 0 heterocycles. The number of rotatable bonds is 4. The van der Waals surface area contributed by atoms with Crippen molar-refractivity contribution >= 4 is 33.7 Å². The number of amides is 1. The van der Waals surface area contributed by atoms with Gasteiger partial charge >= 0.3 is 6.36 Å². The van der Waals surface area contributed by atoms with Gasteiger partial charge in [-0.2, -0.15) is 5.10 Å². The third kappa shape index (κ3) is 4.25. The minimum atomic E-state index is -4.78. The molecule has 1 amide bonds. The molecule has 30 heavy (non-hydrogen) atoms. The Morgan fingerprint density at radius 2 is 1.50 bits per heavy atom. The molecule has 0 aromatic heterocycles. The number of hydrogen-bond acceptors (Lipinski definition) is 3. The third-order valence-electron chi connectivity index (χ3n) is 4.52. The van der Waals surface area contributed by atoms with Gasteiger partial charge in [0.05, 0.1) is 6.21 Å². The van der Waals surface area contributed by atoms with Crippen molar-refractivity contribution in [2.24, 2.45) is 5.10 Å². The van der Waals surface area contributed by atoms with Gasteiger partial charge in [-0.3, -0.25) is 4.79 Å². The highest BCUT2D eigenvalue weighted by molar-refractivity contribution is 6.14. The van der Waals surface area contributed by atoms with Gasteiger partial charge < -0.3 is 4.74 Å². The Kier molecular flexibility index (Phi) is 5.10. The second kappa shape index (κ2) is 7.87. The smallest absolute Gasteiger partial charge is 0.406 e. The van der Waals surface area contributed by atoms with Gasteiger partial charge in [0, 0.05) is 11.1 Å². The van der Waals surface area contributed by atoms with E-state index in [9.17, 15) is 18.0 Å². The van der Waals surface area contributed by atoms with Gasteiger partial charge in [-0.15, -0.1) is 13.2 Å². The fourth-order valence-corrected chi connectivity index (χ4v) is 3.22. The number of carbonyl (C=O) groups excluding carboxylic acids is 1. The van der Waals surface area contributed by atoms with E-state index >= 15 is 0 Å². The predicted molar refractivity (Wildman–Crippen MR) is 110 cm³/mol. The first-order valence-corrected chi connectivity index (χ1v) is 9.00. The van der Waals surface area contributed by atoms with Crippen LogP contribution in [0.25, 0.3) is 21.5 Å². The first kappa shape index (κ1) is 19.4. The number of ether oxygens (including phenoxy) is 1. The Balaban J connectivity index is 1.54. The summed E-state index contributed by atoms with van der Waals surface area (Å²) in [7, 11) is 0. The molecule has 0 aliphatic heterocycles. The van der Waals surface area contributed by atoms with Gasteiger partial charge in [0.1, 0.15) is 5.75 Å². The third-order valence-corrected chi connectivity index (χ3v) is 4.52. The maximum absolute atomic E-state index is 12.2. The molecule has 4 nitrogen and oxygen atoms in total. The van der Waals surface area contributed by atoms with Gasteiger partial charge in [0.15, 0.2) is 0 Å². The number of alkyl halides is 3. The van der Waals surface area contributed by atoms with Gasteiger partial charge in [-0.25, -0.2) is 5.43 Å². The van der Waals surface area contributed by atoms with Crippen LogP contribution in [0.5, 0.6) is 5.75 Å². The van der Waals surface area contributed by atoms with Crippen molar-refractivity contribution in [2.45, 2.75) is 6.36 Å². The molecular weight excluding hydrogens is 393 g/mol. The van der Waals surface area contributed by atoms with E-state index in [1.54, 1.807) is 6.21 Å². The van der Waals surface area contributed by atoms with Crippen LogP contribution < -0.4 is 10.2 Å². The van der Waals surface area contributed by atoms with E-state index in [0.29, 0.717) is 0 Å². The second-order valence-electron chi connectivity index (χ2n) is 6.50.